The fraction of sp³-hybridized carbons (Fsp3) is 0.500. The zero-order valence-corrected chi connectivity index (χ0v) is 9.82. The first-order valence-electron chi connectivity index (χ1n) is 4.50. The van der Waals surface area contributed by atoms with E-state index in [2.05, 4.69) is 14.7 Å². The number of aromatic amines is 1. The number of H-pyrrole nitrogens is 1. The van der Waals surface area contributed by atoms with Crippen LogP contribution in [0.1, 0.15) is 6.42 Å². The average Bonchev–Trinajstić information content (AvgIpc) is 2.78. The molecule has 0 amide bonds. The maximum absolute atomic E-state index is 11.8. The highest BCUT2D eigenvalue weighted by atomic mass is 32.2. The van der Waals surface area contributed by atoms with E-state index in [1.165, 1.54) is 26.7 Å². The van der Waals surface area contributed by atoms with Crippen molar-refractivity contribution in [3.05, 3.63) is 12.5 Å². The number of methoxy groups -OCH3 is 1. The van der Waals surface area contributed by atoms with Crippen LogP contribution >= 0.6 is 0 Å². The van der Waals surface area contributed by atoms with E-state index in [0.717, 1.165) is 4.31 Å². The highest BCUT2D eigenvalue weighted by Crippen LogP contribution is 2.10. The minimum atomic E-state index is -3.59. The van der Waals surface area contributed by atoms with Crippen molar-refractivity contribution in [2.24, 2.45) is 0 Å². The molecule has 0 radical (unpaired) electrons. The van der Waals surface area contributed by atoms with Crippen LogP contribution in [0.15, 0.2) is 17.6 Å². The molecule has 0 saturated carbocycles. The topological polar surface area (TPSA) is 92.4 Å². The molecule has 0 atom stereocenters. The molecule has 16 heavy (non-hydrogen) atoms. The average molecular weight is 247 g/mol. The molecular formula is C8H13N3O4S. The molecule has 0 aliphatic carbocycles. The van der Waals surface area contributed by atoms with E-state index in [9.17, 15) is 13.2 Å². The number of nitrogens with one attached hydrogen (secondary N) is 1. The zero-order valence-electron chi connectivity index (χ0n) is 9.00. The molecule has 0 spiro atoms. The lowest BCUT2D eigenvalue weighted by atomic mass is 10.4. The Labute approximate surface area is 93.5 Å². The number of hydrogen-bond donors (Lipinski definition) is 1. The number of sulfonamides is 1. The second kappa shape index (κ2) is 5.08. The van der Waals surface area contributed by atoms with Gasteiger partial charge in [0.15, 0.2) is 5.03 Å². The van der Waals surface area contributed by atoms with Crippen LogP contribution in [0, 0.1) is 0 Å². The van der Waals surface area contributed by atoms with Crippen molar-refractivity contribution in [1.82, 2.24) is 14.3 Å². The molecule has 90 valence electrons. The molecule has 1 aromatic rings. The molecule has 1 aromatic heterocycles. The summed E-state index contributed by atoms with van der Waals surface area (Å²) in [6.45, 7) is 0.0635. The lowest BCUT2D eigenvalue weighted by molar-refractivity contribution is -0.140. The third-order valence-corrected chi connectivity index (χ3v) is 3.80. The van der Waals surface area contributed by atoms with Crippen molar-refractivity contribution in [1.29, 1.82) is 0 Å². The van der Waals surface area contributed by atoms with Crippen LogP contribution < -0.4 is 0 Å². The first kappa shape index (κ1) is 12.7. The Hall–Kier alpha value is -1.41. The number of carbonyl (C=O) groups excluding carboxylic acids is 1. The van der Waals surface area contributed by atoms with E-state index in [4.69, 9.17) is 0 Å². The van der Waals surface area contributed by atoms with Gasteiger partial charge in [0, 0.05) is 13.6 Å². The predicted molar refractivity (Wildman–Crippen MR) is 55.0 cm³/mol. The van der Waals surface area contributed by atoms with Gasteiger partial charge in [-0.2, -0.15) is 4.31 Å². The molecule has 0 aliphatic heterocycles. The van der Waals surface area contributed by atoms with E-state index in [0.29, 0.717) is 0 Å². The Bertz CT molecular complexity index is 440. The lowest BCUT2D eigenvalue weighted by Crippen LogP contribution is -2.29. The van der Waals surface area contributed by atoms with Gasteiger partial charge in [0.2, 0.25) is 0 Å². The number of hydrogen-bond acceptors (Lipinski definition) is 5. The van der Waals surface area contributed by atoms with Gasteiger partial charge in [-0.25, -0.2) is 13.4 Å². The molecule has 0 unspecified atom stereocenters. The fourth-order valence-corrected chi connectivity index (χ4v) is 2.09. The number of nitrogens with zero attached hydrogens (tertiary/aromatic N) is 2. The second-order valence-corrected chi connectivity index (χ2v) is 5.08. The summed E-state index contributed by atoms with van der Waals surface area (Å²) in [5.41, 5.74) is 0. The summed E-state index contributed by atoms with van der Waals surface area (Å²) in [6.07, 6.45) is 2.51. The molecule has 1 N–H and O–H groups in total. The van der Waals surface area contributed by atoms with Gasteiger partial charge < -0.3 is 9.72 Å². The summed E-state index contributed by atoms with van der Waals surface area (Å²) in [5.74, 6) is -0.452. The first-order chi connectivity index (χ1) is 7.48. The van der Waals surface area contributed by atoms with Gasteiger partial charge in [-0.05, 0) is 0 Å². The van der Waals surface area contributed by atoms with Gasteiger partial charge >= 0.3 is 5.97 Å². The Kier molecular flexibility index (Phi) is 4.02. The maximum atomic E-state index is 11.8. The fourth-order valence-electron chi connectivity index (χ4n) is 1.02. The van der Waals surface area contributed by atoms with Crippen LogP contribution in [0.3, 0.4) is 0 Å². The van der Waals surface area contributed by atoms with Gasteiger partial charge in [0.05, 0.1) is 26.1 Å². The lowest BCUT2D eigenvalue weighted by Gasteiger charge is -2.14. The van der Waals surface area contributed by atoms with Gasteiger partial charge in [-0.3, -0.25) is 4.79 Å². The Balaban J connectivity index is 2.67. The summed E-state index contributed by atoms with van der Waals surface area (Å²) < 4.78 is 29.1. The summed E-state index contributed by atoms with van der Waals surface area (Å²) in [4.78, 5) is 17.0. The van der Waals surface area contributed by atoms with E-state index in [1.54, 1.807) is 0 Å². The molecule has 8 heteroatoms. The van der Waals surface area contributed by atoms with E-state index < -0.39 is 16.0 Å². The van der Waals surface area contributed by atoms with Crippen molar-refractivity contribution in [3.63, 3.8) is 0 Å². The normalized spacial score (nSPS) is 11.7. The highest BCUT2D eigenvalue weighted by molar-refractivity contribution is 7.89. The molecule has 0 saturated heterocycles. The first-order valence-corrected chi connectivity index (χ1v) is 5.94. The van der Waals surface area contributed by atoms with Crippen LogP contribution in [-0.2, 0) is 19.6 Å². The Morgan fingerprint density at radius 3 is 2.81 bits per heavy atom. The summed E-state index contributed by atoms with van der Waals surface area (Å²) in [5, 5.41) is -0.000124. The number of carbonyl (C=O) groups is 1. The molecule has 7 nitrogen and oxygen atoms in total. The van der Waals surface area contributed by atoms with Crippen molar-refractivity contribution < 1.29 is 17.9 Å². The minimum Gasteiger partial charge on any atom is -0.469 e. The van der Waals surface area contributed by atoms with Gasteiger partial charge in [0.1, 0.15) is 0 Å². The predicted octanol–water partition coefficient (Wildman–Crippen LogP) is -0.407. The van der Waals surface area contributed by atoms with Gasteiger partial charge in [-0.1, -0.05) is 0 Å². The maximum Gasteiger partial charge on any atom is 0.306 e. The van der Waals surface area contributed by atoms with Crippen LogP contribution in [0.4, 0.5) is 0 Å². The monoisotopic (exact) mass is 247 g/mol. The van der Waals surface area contributed by atoms with E-state index in [-0.39, 0.29) is 18.0 Å². The zero-order chi connectivity index (χ0) is 12.2. The summed E-state index contributed by atoms with van der Waals surface area (Å²) in [7, 11) is -0.948. The van der Waals surface area contributed by atoms with Crippen molar-refractivity contribution in [2.45, 2.75) is 11.4 Å². The molecule has 0 aromatic carbocycles. The van der Waals surface area contributed by atoms with Crippen LogP contribution in [0.2, 0.25) is 0 Å². The van der Waals surface area contributed by atoms with Gasteiger partial charge in [-0.15, -0.1) is 0 Å². The Morgan fingerprint density at radius 1 is 1.62 bits per heavy atom. The third kappa shape index (κ3) is 2.80. The van der Waals surface area contributed by atoms with Crippen molar-refractivity contribution >= 4 is 16.0 Å². The largest absolute Gasteiger partial charge is 0.469 e. The van der Waals surface area contributed by atoms with E-state index >= 15 is 0 Å². The van der Waals surface area contributed by atoms with E-state index in [1.807, 2.05) is 0 Å². The van der Waals surface area contributed by atoms with Crippen LogP contribution in [-0.4, -0.2) is 49.4 Å². The second-order valence-electron chi connectivity index (χ2n) is 3.07. The summed E-state index contributed by atoms with van der Waals surface area (Å²) in [6, 6.07) is 0. The standard InChI is InChI=1S/C8H13N3O4S/c1-11(4-3-8(12)15-2)16(13,14)7-5-9-6-10-7/h5-6H,3-4H2,1-2H3,(H,9,10). The SMILES string of the molecule is COC(=O)CCN(C)S(=O)(=O)c1cnc[nH]1. The Morgan fingerprint density at radius 2 is 2.31 bits per heavy atom. The van der Waals surface area contributed by atoms with Crippen molar-refractivity contribution in [2.75, 3.05) is 20.7 Å². The van der Waals surface area contributed by atoms with Crippen LogP contribution in [0.5, 0.6) is 0 Å². The smallest absolute Gasteiger partial charge is 0.306 e. The summed E-state index contributed by atoms with van der Waals surface area (Å²) >= 11 is 0. The number of aromatic nitrogens is 2. The van der Waals surface area contributed by atoms with Gasteiger partial charge in [0.25, 0.3) is 10.0 Å². The number of rotatable bonds is 5. The quantitative estimate of drug-likeness (QED) is 0.714. The molecule has 1 rings (SSSR count). The third-order valence-electron chi connectivity index (χ3n) is 2.02. The minimum absolute atomic E-state index is 0.000124. The molecular weight excluding hydrogens is 234 g/mol. The molecule has 0 aliphatic rings. The highest BCUT2D eigenvalue weighted by Gasteiger charge is 2.22. The number of esters is 1. The van der Waals surface area contributed by atoms with Crippen molar-refractivity contribution in [3.8, 4) is 0 Å². The number of ether oxygens (including phenoxy) is 1. The molecule has 0 bridgehead atoms. The van der Waals surface area contributed by atoms with Crippen LogP contribution in [0.25, 0.3) is 0 Å². The molecule has 0 fully saturated rings. The number of imidazole rings is 1. The molecule has 1 heterocycles.